The number of hydrogen-bond donors (Lipinski definition) is 1. The molecule has 0 aliphatic rings. The lowest BCUT2D eigenvalue weighted by atomic mass is 10.2. The van der Waals surface area contributed by atoms with E-state index in [1.54, 1.807) is 4.68 Å². The second-order valence-corrected chi connectivity index (χ2v) is 5.13. The number of nitrogens with one attached hydrogen (secondary N) is 1. The Labute approximate surface area is 119 Å². The van der Waals surface area contributed by atoms with E-state index in [4.69, 9.17) is 11.6 Å². The highest BCUT2D eigenvalue weighted by Crippen LogP contribution is 2.22. The average Bonchev–Trinajstić information content (AvgIpc) is 2.61. The molecule has 0 saturated carbocycles. The van der Waals surface area contributed by atoms with Gasteiger partial charge in [-0.05, 0) is 25.1 Å². The van der Waals surface area contributed by atoms with Gasteiger partial charge < -0.3 is 10.2 Å². The molecule has 1 heterocycles. The minimum atomic E-state index is 0.676. The maximum Gasteiger partial charge on any atom is 0.131 e. The highest BCUT2D eigenvalue weighted by molar-refractivity contribution is 6.30. The SMILES string of the molecule is Cc1nn(C)c(Cl)c1CNc1cccc(N(C)C)c1. The molecular formula is C14H19ClN4. The van der Waals surface area contributed by atoms with Gasteiger partial charge in [0, 0.05) is 44.6 Å². The molecule has 0 aliphatic carbocycles. The molecule has 5 heteroatoms. The van der Waals surface area contributed by atoms with Crippen molar-refractivity contribution in [3.63, 3.8) is 0 Å². The molecule has 0 spiro atoms. The zero-order valence-corrected chi connectivity index (χ0v) is 12.5. The van der Waals surface area contributed by atoms with Crippen LogP contribution in [-0.2, 0) is 13.6 Å². The van der Waals surface area contributed by atoms with E-state index in [1.165, 1.54) is 5.69 Å². The molecule has 1 aromatic carbocycles. The Morgan fingerprint density at radius 1 is 1.37 bits per heavy atom. The summed E-state index contributed by atoms with van der Waals surface area (Å²) in [5.41, 5.74) is 4.24. The van der Waals surface area contributed by atoms with Crippen LogP contribution < -0.4 is 10.2 Å². The van der Waals surface area contributed by atoms with Gasteiger partial charge in [-0.15, -0.1) is 0 Å². The number of anilines is 2. The van der Waals surface area contributed by atoms with Crippen molar-refractivity contribution in [1.29, 1.82) is 0 Å². The van der Waals surface area contributed by atoms with E-state index >= 15 is 0 Å². The molecule has 2 aromatic rings. The zero-order valence-electron chi connectivity index (χ0n) is 11.7. The van der Waals surface area contributed by atoms with E-state index in [0.29, 0.717) is 11.7 Å². The summed E-state index contributed by atoms with van der Waals surface area (Å²) in [5.74, 6) is 0. The number of hydrogen-bond acceptors (Lipinski definition) is 3. The highest BCUT2D eigenvalue weighted by Gasteiger charge is 2.10. The van der Waals surface area contributed by atoms with Crippen LogP contribution in [0.25, 0.3) is 0 Å². The van der Waals surface area contributed by atoms with Crippen LogP contribution in [0.15, 0.2) is 24.3 Å². The number of rotatable bonds is 4. The smallest absolute Gasteiger partial charge is 0.131 e. The summed E-state index contributed by atoms with van der Waals surface area (Å²) in [7, 11) is 5.91. The fourth-order valence-corrected chi connectivity index (χ4v) is 2.20. The van der Waals surface area contributed by atoms with E-state index < -0.39 is 0 Å². The van der Waals surface area contributed by atoms with Crippen molar-refractivity contribution in [3.8, 4) is 0 Å². The monoisotopic (exact) mass is 278 g/mol. The number of aromatic nitrogens is 2. The van der Waals surface area contributed by atoms with Crippen LogP contribution in [0, 0.1) is 6.92 Å². The lowest BCUT2D eigenvalue weighted by molar-refractivity contribution is 0.757. The summed E-state index contributed by atoms with van der Waals surface area (Å²) >= 11 is 6.21. The van der Waals surface area contributed by atoms with Crippen LogP contribution in [0.2, 0.25) is 5.15 Å². The number of nitrogens with zero attached hydrogens (tertiary/aromatic N) is 3. The highest BCUT2D eigenvalue weighted by atomic mass is 35.5. The standard InChI is InChI=1S/C14H19ClN4/c1-10-13(14(15)19(4)17-10)9-16-11-6-5-7-12(8-11)18(2)3/h5-8,16H,9H2,1-4H3. The molecular weight excluding hydrogens is 260 g/mol. The summed E-state index contributed by atoms with van der Waals surface area (Å²) in [6, 6.07) is 8.27. The molecule has 1 N–H and O–H groups in total. The van der Waals surface area contributed by atoms with Gasteiger partial charge in [-0.2, -0.15) is 5.10 Å². The predicted octanol–water partition coefficient (Wildman–Crippen LogP) is 3.06. The third-order valence-corrected chi connectivity index (χ3v) is 3.57. The van der Waals surface area contributed by atoms with E-state index in [-0.39, 0.29) is 0 Å². The molecule has 0 saturated heterocycles. The Morgan fingerprint density at radius 3 is 2.68 bits per heavy atom. The van der Waals surface area contributed by atoms with Crippen molar-refractivity contribution in [2.24, 2.45) is 7.05 Å². The summed E-state index contributed by atoms with van der Waals surface area (Å²) in [6.07, 6.45) is 0. The Morgan fingerprint density at radius 2 is 2.11 bits per heavy atom. The molecule has 0 bridgehead atoms. The van der Waals surface area contributed by atoms with Crippen LogP contribution in [0.4, 0.5) is 11.4 Å². The molecule has 0 amide bonds. The summed E-state index contributed by atoms with van der Waals surface area (Å²) in [4.78, 5) is 2.08. The maximum absolute atomic E-state index is 6.21. The molecule has 0 radical (unpaired) electrons. The molecule has 0 atom stereocenters. The Kier molecular flexibility index (Phi) is 4.00. The van der Waals surface area contributed by atoms with E-state index in [9.17, 15) is 0 Å². The topological polar surface area (TPSA) is 33.1 Å². The van der Waals surface area contributed by atoms with Crippen molar-refractivity contribution in [3.05, 3.63) is 40.7 Å². The van der Waals surface area contributed by atoms with Gasteiger partial charge in [0.1, 0.15) is 5.15 Å². The van der Waals surface area contributed by atoms with Crippen LogP contribution >= 0.6 is 11.6 Å². The van der Waals surface area contributed by atoms with Crippen LogP contribution in [0.1, 0.15) is 11.3 Å². The van der Waals surface area contributed by atoms with Gasteiger partial charge in [0.25, 0.3) is 0 Å². The van der Waals surface area contributed by atoms with Crippen molar-refractivity contribution >= 4 is 23.0 Å². The Hall–Kier alpha value is -1.68. The quantitative estimate of drug-likeness (QED) is 0.933. The third kappa shape index (κ3) is 3.01. The van der Waals surface area contributed by atoms with Gasteiger partial charge in [0.15, 0.2) is 0 Å². The Balaban J connectivity index is 2.12. The summed E-state index contributed by atoms with van der Waals surface area (Å²) < 4.78 is 1.70. The maximum atomic E-state index is 6.21. The van der Waals surface area contributed by atoms with E-state index in [2.05, 4.69) is 27.4 Å². The van der Waals surface area contributed by atoms with Gasteiger partial charge in [-0.3, -0.25) is 4.68 Å². The van der Waals surface area contributed by atoms with Gasteiger partial charge >= 0.3 is 0 Å². The molecule has 0 unspecified atom stereocenters. The van der Waals surface area contributed by atoms with Crippen LogP contribution in [0.3, 0.4) is 0 Å². The van der Waals surface area contributed by atoms with Crippen molar-refractivity contribution < 1.29 is 0 Å². The molecule has 2 rings (SSSR count). The van der Waals surface area contributed by atoms with Crippen molar-refractivity contribution in [1.82, 2.24) is 9.78 Å². The summed E-state index contributed by atoms with van der Waals surface area (Å²) in [6.45, 7) is 2.65. The fourth-order valence-electron chi connectivity index (χ4n) is 1.96. The number of halogens is 1. The summed E-state index contributed by atoms with van der Waals surface area (Å²) in [5, 5.41) is 8.38. The number of aryl methyl sites for hydroxylation is 2. The molecule has 19 heavy (non-hydrogen) atoms. The van der Waals surface area contributed by atoms with Crippen molar-refractivity contribution in [2.75, 3.05) is 24.3 Å². The average molecular weight is 279 g/mol. The largest absolute Gasteiger partial charge is 0.381 e. The van der Waals surface area contributed by atoms with Gasteiger partial charge in [-0.25, -0.2) is 0 Å². The molecule has 0 aliphatic heterocycles. The first-order valence-corrected chi connectivity index (χ1v) is 6.56. The third-order valence-electron chi connectivity index (χ3n) is 3.10. The van der Waals surface area contributed by atoms with Crippen molar-refractivity contribution in [2.45, 2.75) is 13.5 Å². The van der Waals surface area contributed by atoms with Gasteiger partial charge in [0.05, 0.1) is 5.69 Å². The Bertz CT molecular complexity index is 575. The van der Waals surface area contributed by atoms with Crippen LogP contribution in [-0.4, -0.2) is 23.9 Å². The molecule has 4 nitrogen and oxygen atoms in total. The first kappa shape index (κ1) is 13.7. The minimum Gasteiger partial charge on any atom is -0.381 e. The van der Waals surface area contributed by atoms with E-state index in [0.717, 1.165) is 16.9 Å². The predicted molar refractivity (Wildman–Crippen MR) is 81.1 cm³/mol. The second-order valence-electron chi connectivity index (χ2n) is 4.78. The lowest BCUT2D eigenvalue weighted by Gasteiger charge is -2.14. The first-order chi connectivity index (χ1) is 8.99. The molecule has 0 fully saturated rings. The molecule has 1 aromatic heterocycles. The van der Waals surface area contributed by atoms with Crippen LogP contribution in [0.5, 0.6) is 0 Å². The normalized spacial score (nSPS) is 10.6. The zero-order chi connectivity index (χ0) is 14.0. The first-order valence-electron chi connectivity index (χ1n) is 6.18. The lowest BCUT2D eigenvalue weighted by Crippen LogP contribution is -2.09. The minimum absolute atomic E-state index is 0.676. The van der Waals surface area contributed by atoms with E-state index in [1.807, 2.05) is 40.2 Å². The molecule has 102 valence electrons. The number of benzene rings is 1. The fraction of sp³-hybridized carbons (Fsp3) is 0.357. The van der Waals surface area contributed by atoms with Gasteiger partial charge in [0.2, 0.25) is 0 Å². The second kappa shape index (κ2) is 5.53. The van der Waals surface area contributed by atoms with Gasteiger partial charge in [-0.1, -0.05) is 17.7 Å².